The summed E-state index contributed by atoms with van der Waals surface area (Å²) in [6.07, 6.45) is 5.07. The highest BCUT2D eigenvalue weighted by atomic mass is 16.7. The first-order chi connectivity index (χ1) is 15.5. The maximum atomic E-state index is 12.3. The lowest BCUT2D eigenvalue weighted by Crippen LogP contribution is -2.35. The Balaban J connectivity index is 1.27. The lowest BCUT2D eigenvalue weighted by molar-refractivity contribution is -0.116. The van der Waals surface area contributed by atoms with Crippen molar-refractivity contribution in [3.63, 3.8) is 0 Å². The van der Waals surface area contributed by atoms with Gasteiger partial charge in [0.05, 0.1) is 5.69 Å². The van der Waals surface area contributed by atoms with Crippen LogP contribution in [-0.4, -0.2) is 24.2 Å². The normalized spacial score (nSPS) is 12.7. The van der Waals surface area contributed by atoms with Crippen molar-refractivity contribution in [1.29, 1.82) is 0 Å². The number of nitrogens with one attached hydrogen (secondary N) is 1. The molecule has 0 fully saturated rings. The van der Waals surface area contributed by atoms with Crippen molar-refractivity contribution >= 4 is 12.0 Å². The van der Waals surface area contributed by atoms with Crippen LogP contribution in [0.1, 0.15) is 30.7 Å². The second-order valence-electron chi connectivity index (χ2n) is 8.18. The van der Waals surface area contributed by atoms with Crippen molar-refractivity contribution in [2.45, 2.75) is 25.9 Å². The molecule has 32 heavy (non-hydrogen) atoms. The largest absolute Gasteiger partial charge is 0.487 e. The minimum absolute atomic E-state index is 0.144. The van der Waals surface area contributed by atoms with Crippen LogP contribution in [0.2, 0.25) is 0 Å². The Morgan fingerprint density at radius 1 is 1.09 bits per heavy atom. The average Bonchev–Trinajstić information content (AvgIpc) is 3.29. The number of amides is 1. The number of nitrogens with zero attached hydrogens (tertiary/aromatic N) is 1. The van der Waals surface area contributed by atoms with Crippen LogP contribution in [-0.2, 0) is 16.8 Å². The molecule has 3 aromatic rings. The second kappa shape index (κ2) is 9.56. The van der Waals surface area contributed by atoms with Gasteiger partial charge in [0.25, 0.3) is 0 Å². The number of fused-ring (bicyclic) bond motifs is 1. The monoisotopic (exact) mass is 430 g/mol. The van der Waals surface area contributed by atoms with E-state index >= 15 is 0 Å². The molecule has 0 aliphatic carbocycles. The highest BCUT2D eigenvalue weighted by molar-refractivity contribution is 5.91. The van der Waals surface area contributed by atoms with Crippen LogP contribution in [0.15, 0.2) is 72.9 Å². The topological polar surface area (TPSA) is 69.7 Å². The summed E-state index contributed by atoms with van der Waals surface area (Å²) in [5, 5.41) is 2.98. The Kier molecular flexibility index (Phi) is 6.40. The summed E-state index contributed by atoms with van der Waals surface area (Å²) >= 11 is 0. The van der Waals surface area contributed by atoms with E-state index in [1.54, 1.807) is 18.3 Å². The van der Waals surface area contributed by atoms with Crippen LogP contribution in [0.4, 0.5) is 0 Å². The molecule has 2 aromatic carbocycles. The molecule has 1 amide bonds. The second-order valence-corrected chi connectivity index (χ2v) is 8.18. The minimum Gasteiger partial charge on any atom is -0.487 e. The third-order valence-electron chi connectivity index (χ3n) is 5.28. The Morgan fingerprint density at radius 2 is 1.91 bits per heavy atom. The lowest BCUT2D eigenvalue weighted by Gasteiger charge is -2.25. The van der Waals surface area contributed by atoms with Gasteiger partial charge in [-0.1, -0.05) is 38.1 Å². The number of pyridine rings is 1. The molecule has 4 rings (SSSR count). The first kappa shape index (κ1) is 21.4. The molecule has 6 heteroatoms. The number of hydrogen-bond acceptors (Lipinski definition) is 5. The predicted octanol–water partition coefficient (Wildman–Crippen LogP) is 4.50. The standard InChI is InChI=1S/C26H26N2O4/c1-26(2,20-9-12-23-24(15-20)32-18-31-23)17-28-25(29)13-8-19-6-10-22(11-7-19)30-16-21-5-3-4-14-27-21/h3-15H,16-18H2,1-2H3,(H,28,29)/b13-8+. The Morgan fingerprint density at radius 3 is 2.69 bits per heavy atom. The fraction of sp³-hybridized carbons (Fsp3) is 0.231. The van der Waals surface area contributed by atoms with Gasteiger partial charge >= 0.3 is 0 Å². The quantitative estimate of drug-likeness (QED) is 0.533. The van der Waals surface area contributed by atoms with E-state index in [1.807, 2.05) is 60.7 Å². The molecular formula is C26H26N2O4. The minimum atomic E-state index is -0.253. The smallest absolute Gasteiger partial charge is 0.244 e. The fourth-order valence-corrected chi connectivity index (χ4v) is 3.27. The maximum absolute atomic E-state index is 12.3. The molecule has 1 N–H and O–H groups in total. The molecule has 0 radical (unpaired) electrons. The summed E-state index contributed by atoms with van der Waals surface area (Å²) in [6, 6.07) is 19.2. The van der Waals surface area contributed by atoms with Crippen LogP contribution >= 0.6 is 0 Å². The first-order valence-corrected chi connectivity index (χ1v) is 10.5. The van der Waals surface area contributed by atoms with Gasteiger partial charge in [0.15, 0.2) is 11.5 Å². The van der Waals surface area contributed by atoms with E-state index < -0.39 is 0 Å². The summed E-state index contributed by atoms with van der Waals surface area (Å²) in [7, 11) is 0. The summed E-state index contributed by atoms with van der Waals surface area (Å²) in [6.45, 7) is 5.32. The molecule has 1 aromatic heterocycles. The predicted molar refractivity (Wildman–Crippen MR) is 123 cm³/mol. The molecule has 0 bridgehead atoms. The van der Waals surface area contributed by atoms with Gasteiger partial charge in [-0.15, -0.1) is 0 Å². The summed E-state index contributed by atoms with van der Waals surface area (Å²) in [5.41, 5.74) is 2.61. The number of ether oxygens (including phenoxy) is 3. The van der Waals surface area contributed by atoms with Gasteiger partial charge in [-0.25, -0.2) is 0 Å². The number of carbonyl (C=O) groups excluding carboxylic acids is 1. The third kappa shape index (κ3) is 5.46. The highest BCUT2D eigenvalue weighted by Gasteiger charge is 2.24. The SMILES string of the molecule is CC(C)(CNC(=O)/C=C/c1ccc(OCc2ccccn2)cc1)c1ccc2c(c1)OCO2. The van der Waals surface area contributed by atoms with Gasteiger partial charge in [-0.3, -0.25) is 9.78 Å². The molecular weight excluding hydrogens is 404 g/mol. The number of hydrogen-bond donors (Lipinski definition) is 1. The van der Waals surface area contributed by atoms with Gasteiger partial charge in [0.1, 0.15) is 12.4 Å². The molecule has 2 heterocycles. The zero-order valence-electron chi connectivity index (χ0n) is 18.2. The van der Waals surface area contributed by atoms with Gasteiger partial charge in [-0.05, 0) is 53.6 Å². The van der Waals surface area contributed by atoms with Crippen molar-refractivity contribution < 1.29 is 19.0 Å². The van der Waals surface area contributed by atoms with Crippen LogP contribution < -0.4 is 19.5 Å². The van der Waals surface area contributed by atoms with E-state index in [2.05, 4.69) is 24.1 Å². The first-order valence-electron chi connectivity index (χ1n) is 10.5. The fourth-order valence-electron chi connectivity index (χ4n) is 3.27. The number of aromatic nitrogens is 1. The van der Waals surface area contributed by atoms with Crippen molar-refractivity contribution in [1.82, 2.24) is 10.3 Å². The number of rotatable bonds is 8. The molecule has 0 atom stereocenters. The molecule has 0 saturated carbocycles. The number of carbonyl (C=O) groups is 1. The van der Waals surface area contributed by atoms with E-state index in [0.29, 0.717) is 13.2 Å². The van der Waals surface area contributed by atoms with E-state index in [0.717, 1.165) is 34.1 Å². The van der Waals surface area contributed by atoms with Gasteiger partial charge in [-0.2, -0.15) is 0 Å². The van der Waals surface area contributed by atoms with E-state index in [1.165, 1.54) is 0 Å². The zero-order valence-corrected chi connectivity index (χ0v) is 18.2. The molecule has 1 aliphatic heterocycles. The molecule has 164 valence electrons. The average molecular weight is 431 g/mol. The third-order valence-corrected chi connectivity index (χ3v) is 5.28. The summed E-state index contributed by atoms with van der Waals surface area (Å²) in [4.78, 5) is 16.6. The molecule has 0 saturated heterocycles. The molecule has 0 spiro atoms. The van der Waals surface area contributed by atoms with Crippen LogP contribution in [0, 0.1) is 0 Å². The lowest BCUT2D eigenvalue weighted by atomic mass is 9.84. The zero-order chi connectivity index (χ0) is 22.4. The van der Waals surface area contributed by atoms with E-state index in [4.69, 9.17) is 14.2 Å². The highest BCUT2D eigenvalue weighted by Crippen LogP contribution is 2.36. The number of benzene rings is 2. The van der Waals surface area contributed by atoms with E-state index in [-0.39, 0.29) is 18.1 Å². The van der Waals surface area contributed by atoms with Crippen molar-refractivity contribution in [2.75, 3.05) is 13.3 Å². The van der Waals surface area contributed by atoms with Crippen LogP contribution in [0.5, 0.6) is 17.2 Å². The van der Waals surface area contributed by atoms with Gasteiger partial charge in [0, 0.05) is 24.2 Å². The molecule has 1 aliphatic rings. The Labute approximate surface area is 187 Å². The van der Waals surface area contributed by atoms with Crippen LogP contribution in [0.3, 0.4) is 0 Å². The Bertz CT molecular complexity index is 1090. The van der Waals surface area contributed by atoms with Gasteiger partial charge < -0.3 is 19.5 Å². The van der Waals surface area contributed by atoms with Crippen LogP contribution in [0.25, 0.3) is 6.08 Å². The van der Waals surface area contributed by atoms with Gasteiger partial charge in [0.2, 0.25) is 12.7 Å². The van der Waals surface area contributed by atoms with Crippen molar-refractivity contribution in [3.8, 4) is 17.2 Å². The summed E-state index contributed by atoms with van der Waals surface area (Å²) < 4.78 is 16.6. The molecule has 0 unspecified atom stereocenters. The summed E-state index contributed by atoms with van der Waals surface area (Å²) in [5.74, 6) is 2.11. The Hall–Kier alpha value is -3.80. The van der Waals surface area contributed by atoms with Crippen molar-refractivity contribution in [3.05, 3.63) is 89.8 Å². The van der Waals surface area contributed by atoms with Crippen molar-refractivity contribution in [2.24, 2.45) is 0 Å². The molecule has 6 nitrogen and oxygen atoms in total. The maximum Gasteiger partial charge on any atom is 0.244 e. The van der Waals surface area contributed by atoms with E-state index in [9.17, 15) is 4.79 Å².